The van der Waals surface area contributed by atoms with Crippen LogP contribution in [0.15, 0.2) is 42.5 Å². The van der Waals surface area contributed by atoms with Crippen molar-refractivity contribution in [1.82, 2.24) is 14.5 Å². The predicted molar refractivity (Wildman–Crippen MR) is 109 cm³/mol. The van der Waals surface area contributed by atoms with E-state index in [0.29, 0.717) is 12.3 Å². The van der Waals surface area contributed by atoms with Crippen molar-refractivity contribution >= 4 is 16.9 Å². The number of amides is 1. The third-order valence-electron chi connectivity index (χ3n) is 6.15. The molecule has 3 aromatic rings. The summed E-state index contributed by atoms with van der Waals surface area (Å²) in [6.45, 7) is 2.35. The van der Waals surface area contributed by atoms with E-state index in [4.69, 9.17) is 9.72 Å². The van der Waals surface area contributed by atoms with Crippen LogP contribution in [-0.2, 0) is 24.7 Å². The average molecular weight is 375 g/mol. The van der Waals surface area contributed by atoms with E-state index in [1.165, 1.54) is 11.1 Å². The number of hydrogen-bond donors (Lipinski definition) is 0. The summed E-state index contributed by atoms with van der Waals surface area (Å²) in [6.07, 6.45) is 3.36. The van der Waals surface area contributed by atoms with E-state index in [-0.39, 0.29) is 5.91 Å². The van der Waals surface area contributed by atoms with Crippen LogP contribution in [0.4, 0.5) is 0 Å². The lowest BCUT2D eigenvalue weighted by atomic mass is 9.95. The number of ether oxygens (including phenoxy) is 1. The maximum Gasteiger partial charge on any atom is 0.226 e. The molecule has 1 amide bonds. The van der Waals surface area contributed by atoms with Gasteiger partial charge in [-0.1, -0.05) is 24.3 Å². The quantitative estimate of drug-likeness (QED) is 0.704. The van der Waals surface area contributed by atoms with Crippen LogP contribution in [0.3, 0.4) is 0 Å². The zero-order valence-corrected chi connectivity index (χ0v) is 16.2. The van der Waals surface area contributed by atoms with Gasteiger partial charge in [-0.15, -0.1) is 0 Å². The van der Waals surface area contributed by atoms with Crippen LogP contribution in [0.25, 0.3) is 11.0 Å². The molecule has 0 atom stereocenters. The second-order valence-corrected chi connectivity index (χ2v) is 7.89. The van der Waals surface area contributed by atoms with Crippen LogP contribution in [0.5, 0.6) is 5.75 Å². The van der Waals surface area contributed by atoms with Crippen LogP contribution >= 0.6 is 0 Å². The molecule has 2 aliphatic heterocycles. The molecule has 0 radical (unpaired) electrons. The first kappa shape index (κ1) is 17.3. The van der Waals surface area contributed by atoms with E-state index < -0.39 is 0 Å². The third-order valence-corrected chi connectivity index (χ3v) is 6.15. The Morgan fingerprint density at radius 1 is 1.18 bits per heavy atom. The Kier molecular flexibility index (Phi) is 4.30. The molecule has 0 bridgehead atoms. The number of benzene rings is 2. The van der Waals surface area contributed by atoms with Gasteiger partial charge in [0, 0.05) is 32.5 Å². The summed E-state index contributed by atoms with van der Waals surface area (Å²) in [6, 6.07) is 14.5. The Balaban J connectivity index is 1.24. The largest absolute Gasteiger partial charge is 0.493 e. The molecule has 3 heterocycles. The number of piperidine rings is 1. The fourth-order valence-electron chi connectivity index (χ4n) is 4.52. The zero-order chi connectivity index (χ0) is 19.1. The molecule has 1 aromatic heterocycles. The third kappa shape index (κ3) is 3.05. The maximum absolute atomic E-state index is 12.8. The van der Waals surface area contributed by atoms with Gasteiger partial charge >= 0.3 is 0 Å². The molecule has 5 nitrogen and oxygen atoms in total. The van der Waals surface area contributed by atoms with E-state index in [1.807, 2.05) is 17.0 Å². The summed E-state index contributed by atoms with van der Waals surface area (Å²) >= 11 is 0. The molecule has 0 spiro atoms. The summed E-state index contributed by atoms with van der Waals surface area (Å²) in [4.78, 5) is 19.6. The first-order valence-electron chi connectivity index (χ1n) is 10.1. The van der Waals surface area contributed by atoms with Crippen LogP contribution in [0, 0.1) is 0 Å². The zero-order valence-electron chi connectivity index (χ0n) is 16.2. The van der Waals surface area contributed by atoms with Crippen molar-refractivity contribution in [3.8, 4) is 5.75 Å². The fourth-order valence-corrected chi connectivity index (χ4v) is 4.52. The highest BCUT2D eigenvalue weighted by atomic mass is 16.5. The minimum atomic E-state index is 0.210. The van der Waals surface area contributed by atoms with Crippen LogP contribution in [-0.4, -0.2) is 40.1 Å². The highest BCUT2D eigenvalue weighted by Gasteiger charge is 2.27. The van der Waals surface area contributed by atoms with Gasteiger partial charge in [-0.25, -0.2) is 4.98 Å². The summed E-state index contributed by atoms with van der Waals surface area (Å²) < 4.78 is 7.84. The molecule has 0 saturated carbocycles. The smallest absolute Gasteiger partial charge is 0.226 e. The normalized spacial score (nSPS) is 17.0. The number of aromatic nitrogens is 2. The maximum atomic E-state index is 12.8. The molecule has 2 aromatic carbocycles. The Bertz CT molecular complexity index is 1030. The van der Waals surface area contributed by atoms with E-state index in [1.54, 1.807) is 0 Å². The van der Waals surface area contributed by atoms with E-state index in [0.717, 1.165) is 61.6 Å². The second-order valence-electron chi connectivity index (χ2n) is 7.89. The molecule has 144 valence electrons. The number of carbonyl (C=O) groups is 1. The standard InChI is InChI=1S/C23H25N3O2/c1-25-20-5-3-2-4-19(20)24-23(25)18-8-11-26(12-9-18)22(27)15-16-6-7-17-10-13-28-21(17)14-16/h2-7,14,18H,8-13,15H2,1H3. The number of aryl methyl sites for hydroxylation is 1. The molecule has 0 aliphatic carbocycles. The lowest BCUT2D eigenvalue weighted by Gasteiger charge is -2.32. The Morgan fingerprint density at radius 3 is 2.82 bits per heavy atom. The number of hydrogen-bond acceptors (Lipinski definition) is 3. The van der Waals surface area contributed by atoms with Gasteiger partial charge in [0.15, 0.2) is 0 Å². The average Bonchev–Trinajstić information content (AvgIpc) is 3.32. The van der Waals surface area contributed by atoms with Crippen molar-refractivity contribution in [2.75, 3.05) is 19.7 Å². The topological polar surface area (TPSA) is 47.4 Å². The van der Waals surface area contributed by atoms with Crippen LogP contribution < -0.4 is 4.74 Å². The summed E-state index contributed by atoms with van der Waals surface area (Å²) in [7, 11) is 2.10. The van der Waals surface area contributed by atoms with E-state index in [2.05, 4.69) is 41.9 Å². The molecule has 0 unspecified atom stereocenters. The van der Waals surface area contributed by atoms with Crippen molar-refractivity contribution in [2.24, 2.45) is 7.05 Å². The van der Waals surface area contributed by atoms with Crippen molar-refractivity contribution in [3.63, 3.8) is 0 Å². The van der Waals surface area contributed by atoms with Crippen LogP contribution in [0.2, 0.25) is 0 Å². The number of para-hydroxylation sites is 2. The van der Waals surface area contributed by atoms with Crippen molar-refractivity contribution in [2.45, 2.75) is 31.6 Å². The number of rotatable bonds is 3. The van der Waals surface area contributed by atoms with Gasteiger partial charge in [-0.05, 0) is 42.2 Å². The molecule has 1 saturated heterocycles. The first-order chi connectivity index (χ1) is 13.7. The lowest BCUT2D eigenvalue weighted by Crippen LogP contribution is -2.39. The minimum absolute atomic E-state index is 0.210. The number of imidazole rings is 1. The molecule has 2 aliphatic rings. The second kappa shape index (κ2) is 6.97. The highest BCUT2D eigenvalue weighted by molar-refractivity contribution is 5.79. The van der Waals surface area contributed by atoms with Crippen molar-refractivity contribution in [3.05, 3.63) is 59.4 Å². The molecule has 0 N–H and O–H groups in total. The molecule has 1 fully saturated rings. The highest BCUT2D eigenvalue weighted by Crippen LogP contribution is 2.30. The Morgan fingerprint density at radius 2 is 2.00 bits per heavy atom. The van der Waals surface area contributed by atoms with Gasteiger partial charge < -0.3 is 14.2 Å². The monoisotopic (exact) mass is 375 g/mol. The summed E-state index contributed by atoms with van der Waals surface area (Å²) in [5, 5.41) is 0. The Labute approximate surface area is 164 Å². The summed E-state index contributed by atoms with van der Waals surface area (Å²) in [5.41, 5.74) is 4.52. The van der Waals surface area contributed by atoms with Crippen LogP contribution in [0.1, 0.15) is 35.7 Å². The van der Waals surface area contributed by atoms with Gasteiger partial charge in [-0.2, -0.15) is 0 Å². The summed E-state index contributed by atoms with van der Waals surface area (Å²) in [5.74, 6) is 2.71. The van der Waals surface area contributed by atoms with E-state index in [9.17, 15) is 4.79 Å². The molecular formula is C23H25N3O2. The SMILES string of the molecule is Cn1c(C2CCN(C(=O)Cc3ccc4c(c3)OCC4)CC2)nc2ccccc21. The molecule has 5 rings (SSSR count). The number of carbonyl (C=O) groups excluding carboxylic acids is 1. The van der Waals surface area contributed by atoms with Gasteiger partial charge in [0.25, 0.3) is 0 Å². The predicted octanol–water partition coefficient (Wildman–Crippen LogP) is 3.46. The molecular weight excluding hydrogens is 350 g/mol. The van der Waals surface area contributed by atoms with E-state index >= 15 is 0 Å². The number of fused-ring (bicyclic) bond motifs is 2. The first-order valence-corrected chi connectivity index (χ1v) is 10.1. The molecule has 5 heteroatoms. The van der Waals surface area contributed by atoms with Gasteiger partial charge in [-0.3, -0.25) is 4.79 Å². The molecule has 28 heavy (non-hydrogen) atoms. The number of likely N-dealkylation sites (tertiary alicyclic amines) is 1. The number of nitrogens with zero attached hydrogens (tertiary/aromatic N) is 3. The van der Waals surface area contributed by atoms with Crippen molar-refractivity contribution < 1.29 is 9.53 Å². The minimum Gasteiger partial charge on any atom is -0.493 e. The Hall–Kier alpha value is -2.82. The van der Waals surface area contributed by atoms with Gasteiger partial charge in [0.1, 0.15) is 11.6 Å². The van der Waals surface area contributed by atoms with Gasteiger partial charge in [0.05, 0.1) is 24.1 Å². The van der Waals surface area contributed by atoms with Crippen molar-refractivity contribution in [1.29, 1.82) is 0 Å². The fraction of sp³-hybridized carbons (Fsp3) is 0.391. The van der Waals surface area contributed by atoms with Gasteiger partial charge in [0.2, 0.25) is 5.91 Å². The lowest BCUT2D eigenvalue weighted by molar-refractivity contribution is -0.131.